The minimum Gasteiger partial charge on any atom is -0.432 e. The summed E-state index contributed by atoms with van der Waals surface area (Å²) in [6.45, 7) is 0. The minimum atomic E-state index is 0.393. The highest BCUT2D eigenvalue weighted by molar-refractivity contribution is 5.25. The molecule has 1 saturated carbocycles. The predicted octanol–water partition coefficient (Wildman–Crippen LogP) is 1.38. The number of anilines is 1. The van der Waals surface area contributed by atoms with Crippen LogP contribution in [0.2, 0.25) is 0 Å². The zero-order chi connectivity index (χ0) is 9.97. The van der Waals surface area contributed by atoms with Crippen LogP contribution in [0.5, 0.6) is 0 Å². The fourth-order valence-electron chi connectivity index (χ4n) is 2.04. The van der Waals surface area contributed by atoms with Gasteiger partial charge >= 0.3 is 0 Å². The Hall–Kier alpha value is -1.03. The van der Waals surface area contributed by atoms with Crippen LogP contribution in [-0.4, -0.2) is 24.1 Å². The van der Waals surface area contributed by atoms with Crippen molar-refractivity contribution in [3.63, 3.8) is 0 Å². The van der Waals surface area contributed by atoms with Crippen molar-refractivity contribution in [1.29, 1.82) is 0 Å². The molecule has 0 aromatic carbocycles. The fraction of sp³-hybridized carbons (Fsp3) is 0.700. The molecule has 1 aliphatic rings. The molecule has 0 aliphatic heterocycles. The Morgan fingerprint density at radius 2 is 2.14 bits per heavy atom. The second-order valence-electron chi connectivity index (χ2n) is 3.99. The van der Waals surface area contributed by atoms with Crippen molar-refractivity contribution in [2.45, 2.75) is 37.8 Å². The molecule has 1 aromatic rings. The van der Waals surface area contributed by atoms with Crippen molar-refractivity contribution < 1.29 is 4.42 Å². The van der Waals surface area contributed by atoms with Crippen LogP contribution in [0.1, 0.15) is 25.7 Å². The van der Waals surface area contributed by atoms with E-state index < -0.39 is 0 Å². The summed E-state index contributed by atoms with van der Waals surface area (Å²) in [6, 6.07) is 1.64. The van der Waals surface area contributed by atoms with Crippen LogP contribution >= 0.6 is 0 Å². The van der Waals surface area contributed by atoms with Gasteiger partial charge in [0.25, 0.3) is 6.01 Å². The zero-order valence-corrected chi connectivity index (χ0v) is 8.52. The van der Waals surface area contributed by atoms with Crippen LogP contribution in [0.25, 0.3) is 0 Å². The van der Waals surface area contributed by atoms with E-state index in [1.807, 2.05) is 7.05 Å². The zero-order valence-electron chi connectivity index (χ0n) is 8.52. The summed E-state index contributed by atoms with van der Waals surface area (Å²) >= 11 is 0. The first kappa shape index (κ1) is 9.52. The molecule has 4 nitrogen and oxygen atoms in total. The molecule has 0 amide bonds. The SMILES string of the molecule is CN(c1ncco1)C1CCC(N)CC1. The molecular formula is C10H17N3O. The van der Waals surface area contributed by atoms with Crippen LogP contribution in [0.15, 0.2) is 16.9 Å². The lowest BCUT2D eigenvalue weighted by Crippen LogP contribution is -2.38. The van der Waals surface area contributed by atoms with E-state index in [0.717, 1.165) is 25.7 Å². The van der Waals surface area contributed by atoms with E-state index in [2.05, 4.69) is 9.88 Å². The molecule has 1 aromatic heterocycles. The van der Waals surface area contributed by atoms with E-state index in [-0.39, 0.29) is 0 Å². The van der Waals surface area contributed by atoms with E-state index in [0.29, 0.717) is 18.1 Å². The number of rotatable bonds is 2. The summed E-state index contributed by atoms with van der Waals surface area (Å²) in [4.78, 5) is 6.26. The summed E-state index contributed by atoms with van der Waals surface area (Å²) in [5, 5.41) is 0. The number of oxazole rings is 1. The van der Waals surface area contributed by atoms with Crippen molar-refractivity contribution in [1.82, 2.24) is 4.98 Å². The van der Waals surface area contributed by atoms with Crippen LogP contribution in [0.3, 0.4) is 0 Å². The van der Waals surface area contributed by atoms with Crippen LogP contribution in [0.4, 0.5) is 6.01 Å². The van der Waals surface area contributed by atoms with E-state index in [9.17, 15) is 0 Å². The molecule has 0 spiro atoms. The number of nitrogens with two attached hydrogens (primary N) is 1. The van der Waals surface area contributed by atoms with Gasteiger partial charge in [0.05, 0.1) is 6.20 Å². The molecule has 0 atom stereocenters. The third-order valence-corrected chi connectivity index (χ3v) is 3.01. The first-order chi connectivity index (χ1) is 6.77. The van der Waals surface area contributed by atoms with E-state index >= 15 is 0 Å². The van der Waals surface area contributed by atoms with Gasteiger partial charge in [-0.25, -0.2) is 4.98 Å². The number of hydrogen-bond acceptors (Lipinski definition) is 4. The normalized spacial score (nSPS) is 27.6. The molecule has 14 heavy (non-hydrogen) atoms. The molecule has 1 aliphatic carbocycles. The average Bonchev–Trinajstić information content (AvgIpc) is 2.71. The molecule has 78 valence electrons. The molecule has 2 N–H and O–H groups in total. The molecule has 1 fully saturated rings. The maximum Gasteiger partial charge on any atom is 0.297 e. The summed E-state index contributed by atoms with van der Waals surface area (Å²) in [5.74, 6) is 0. The maximum absolute atomic E-state index is 5.86. The van der Waals surface area contributed by atoms with Gasteiger partial charge in [0.15, 0.2) is 0 Å². The average molecular weight is 195 g/mol. The topological polar surface area (TPSA) is 55.3 Å². The van der Waals surface area contributed by atoms with E-state index in [1.165, 1.54) is 0 Å². The number of hydrogen-bond donors (Lipinski definition) is 1. The second kappa shape index (κ2) is 4.00. The van der Waals surface area contributed by atoms with Crippen molar-refractivity contribution in [2.75, 3.05) is 11.9 Å². The van der Waals surface area contributed by atoms with E-state index in [4.69, 9.17) is 10.2 Å². The molecule has 0 radical (unpaired) electrons. The van der Waals surface area contributed by atoms with Crippen molar-refractivity contribution in [3.8, 4) is 0 Å². The predicted molar refractivity (Wildman–Crippen MR) is 55.1 cm³/mol. The van der Waals surface area contributed by atoms with Gasteiger partial charge in [-0.15, -0.1) is 0 Å². The van der Waals surface area contributed by atoms with Crippen molar-refractivity contribution in [3.05, 3.63) is 12.5 Å². The minimum absolute atomic E-state index is 0.393. The molecule has 0 saturated heterocycles. The van der Waals surface area contributed by atoms with Crippen LogP contribution < -0.4 is 10.6 Å². The summed E-state index contributed by atoms with van der Waals surface area (Å²) in [5.41, 5.74) is 5.86. The first-order valence-corrected chi connectivity index (χ1v) is 5.15. The van der Waals surface area contributed by atoms with Gasteiger partial charge in [-0.1, -0.05) is 0 Å². The van der Waals surface area contributed by atoms with Crippen LogP contribution in [-0.2, 0) is 0 Å². The molecule has 0 bridgehead atoms. The Labute approximate surface area is 84.1 Å². The Morgan fingerprint density at radius 3 is 2.71 bits per heavy atom. The third-order valence-electron chi connectivity index (χ3n) is 3.01. The Kier molecular flexibility index (Phi) is 2.72. The Balaban J connectivity index is 1.95. The molecule has 4 heteroatoms. The smallest absolute Gasteiger partial charge is 0.297 e. The highest BCUT2D eigenvalue weighted by atomic mass is 16.4. The van der Waals surface area contributed by atoms with Gasteiger partial charge in [0, 0.05) is 19.1 Å². The maximum atomic E-state index is 5.86. The Bertz CT molecular complexity index is 265. The molecule has 2 rings (SSSR count). The van der Waals surface area contributed by atoms with Gasteiger partial charge in [-0.2, -0.15) is 0 Å². The summed E-state index contributed by atoms with van der Waals surface area (Å²) in [6.07, 6.45) is 7.78. The molecule has 0 unspecified atom stereocenters. The van der Waals surface area contributed by atoms with Crippen LogP contribution in [0, 0.1) is 0 Å². The summed E-state index contributed by atoms with van der Waals surface area (Å²) in [7, 11) is 2.04. The number of nitrogens with zero attached hydrogens (tertiary/aromatic N) is 2. The third kappa shape index (κ3) is 1.90. The largest absolute Gasteiger partial charge is 0.432 e. The highest BCUT2D eigenvalue weighted by Gasteiger charge is 2.23. The lowest BCUT2D eigenvalue weighted by Gasteiger charge is -2.32. The van der Waals surface area contributed by atoms with Crippen molar-refractivity contribution >= 4 is 6.01 Å². The quantitative estimate of drug-likeness (QED) is 0.774. The second-order valence-corrected chi connectivity index (χ2v) is 3.99. The summed E-state index contributed by atoms with van der Waals surface area (Å²) < 4.78 is 5.26. The lowest BCUT2D eigenvalue weighted by molar-refractivity contribution is 0.371. The fourth-order valence-corrected chi connectivity index (χ4v) is 2.04. The van der Waals surface area contributed by atoms with Crippen molar-refractivity contribution in [2.24, 2.45) is 5.73 Å². The van der Waals surface area contributed by atoms with Gasteiger partial charge < -0.3 is 15.1 Å². The van der Waals surface area contributed by atoms with Gasteiger partial charge in [-0.05, 0) is 25.7 Å². The van der Waals surface area contributed by atoms with Gasteiger partial charge in [-0.3, -0.25) is 0 Å². The lowest BCUT2D eigenvalue weighted by atomic mass is 9.91. The Morgan fingerprint density at radius 1 is 1.43 bits per heavy atom. The monoisotopic (exact) mass is 195 g/mol. The van der Waals surface area contributed by atoms with E-state index in [1.54, 1.807) is 12.5 Å². The molecular weight excluding hydrogens is 178 g/mol. The highest BCUT2D eigenvalue weighted by Crippen LogP contribution is 2.24. The van der Waals surface area contributed by atoms with Gasteiger partial charge in [0.2, 0.25) is 0 Å². The van der Waals surface area contributed by atoms with Gasteiger partial charge in [0.1, 0.15) is 6.26 Å². The first-order valence-electron chi connectivity index (χ1n) is 5.15. The number of aromatic nitrogens is 1. The standard InChI is InChI=1S/C10H17N3O/c1-13(10-12-6-7-14-10)9-4-2-8(11)3-5-9/h6-9H,2-5,11H2,1H3. The molecule has 1 heterocycles.